The van der Waals surface area contributed by atoms with Crippen LogP contribution in [0.1, 0.15) is 0 Å². The molecule has 2 rings (SSSR count). The van der Waals surface area contributed by atoms with E-state index in [1.165, 1.54) is 6.07 Å². The average molecular weight is 394 g/mol. The van der Waals surface area contributed by atoms with Gasteiger partial charge in [-0.3, -0.25) is 14.1 Å². The van der Waals surface area contributed by atoms with Gasteiger partial charge in [0, 0.05) is 6.20 Å². The molecule has 4 atom stereocenters. The van der Waals surface area contributed by atoms with Gasteiger partial charge in [0.25, 0.3) is 5.85 Å². The van der Waals surface area contributed by atoms with Crippen LogP contribution in [0.5, 0.6) is 0 Å². The van der Waals surface area contributed by atoms with Gasteiger partial charge in [-0.05, 0) is 6.07 Å². The van der Waals surface area contributed by atoms with Crippen molar-refractivity contribution in [3.63, 3.8) is 0 Å². The molecule has 1 aromatic rings. The highest BCUT2D eigenvalue weighted by atomic mass is 32.1. The Labute approximate surface area is 148 Å². The van der Waals surface area contributed by atoms with Crippen LogP contribution >= 0.6 is 20.0 Å². The zero-order valence-corrected chi connectivity index (χ0v) is 15.1. The lowest BCUT2D eigenvalue weighted by Gasteiger charge is -2.39. The summed E-state index contributed by atoms with van der Waals surface area (Å²) >= 11 is 4.78. The van der Waals surface area contributed by atoms with Crippen molar-refractivity contribution in [1.82, 2.24) is 9.55 Å². The van der Waals surface area contributed by atoms with Gasteiger partial charge < -0.3 is 24.7 Å². The molecule has 1 aromatic heterocycles. The predicted octanol–water partition coefficient (Wildman–Crippen LogP) is -4.40. The van der Waals surface area contributed by atoms with E-state index in [2.05, 4.69) is 9.51 Å². The van der Waals surface area contributed by atoms with Crippen molar-refractivity contribution in [3.05, 3.63) is 27.4 Å². The van der Waals surface area contributed by atoms with Crippen LogP contribution in [0.15, 0.2) is 17.1 Å². The summed E-state index contributed by atoms with van der Waals surface area (Å²) in [6, 6.07) is 1.28. The van der Waals surface area contributed by atoms with E-state index in [4.69, 9.17) is 26.7 Å². The molecule has 0 amide bonds. The van der Waals surface area contributed by atoms with Crippen LogP contribution in [0.3, 0.4) is 0 Å². The number of rotatable bonds is 4. The van der Waals surface area contributed by atoms with Crippen LogP contribution in [0.4, 0.5) is 4.39 Å². The predicted molar refractivity (Wildman–Crippen MR) is 92.3 cm³/mol. The van der Waals surface area contributed by atoms with Gasteiger partial charge in [-0.1, -0.05) is 12.2 Å². The van der Waals surface area contributed by atoms with Crippen LogP contribution < -0.4 is 5.69 Å². The van der Waals surface area contributed by atoms with E-state index in [1.807, 2.05) is 0 Å². The number of phosphoric acid groups is 1. The number of hydrogen-bond acceptors (Lipinski definition) is 7. The van der Waals surface area contributed by atoms with Crippen LogP contribution in [0.25, 0.3) is 0 Å². The monoisotopic (exact) mass is 394 g/mol. The van der Waals surface area contributed by atoms with E-state index in [-0.39, 0.29) is 4.64 Å². The van der Waals surface area contributed by atoms with Gasteiger partial charge >= 0.3 is 13.5 Å². The van der Waals surface area contributed by atoms with Crippen molar-refractivity contribution in [2.75, 3.05) is 0 Å². The van der Waals surface area contributed by atoms with Gasteiger partial charge in [0.05, 0.1) is 5.40 Å². The second kappa shape index (κ2) is 6.13. The molecule has 2 heterocycles. The zero-order valence-electron chi connectivity index (χ0n) is 13.4. The molecule has 0 bridgehead atoms. The fourth-order valence-electron chi connectivity index (χ4n) is 2.71. The standard InChI is InChI=1S/C9H15B3FN2O8PS/c10-8(15-2-1-3(25)14-6(15)18)5(17)4(16)7(13,22-8)9(11,12)23-24(19,20)21/h1-2,4-5,16-17H,10-12H2,(H,14,18,25)(H2,19,20,21)/t4-,5+,7-,8-/m0/s1. The number of aromatic nitrogens is 2. The summed E-state index contributed by atoms with van der Waals surface area (Å²) in [5.41, 5.74) is -2.96. The minimum Gasteiger partial charge on any atom is -0.386 e. The van der Waals surface area contributed by atoms with Crippen LogP contribution in [-0.4, -0.2) is 76.6 Å². The molecule has 0 radical (unpaired) electrons. The molecule has 1 aliphatic rings. The maximum absolute atomic E-state index is 15.4. The van der Waals surface area contributed by atoms with Crippen molar-refractivity contribution in [2.24, 2.45) is 0 Å². The van der Waals surface area contributed by atoms with Gasteiger partial charge in [0.2, 0.25) is 0 Å². The second-order valence-corrected chi connectivity index (χ2v) is 7.87. The first-order valence-electron chi connectivity index (χ1n) is 6.98. The Morgan fingerprint density at radius 2 is 2.00 bits per heavy atom. The molecule has 0 aromatic carbocycles. The molecule has 0 unspecified atom stereocenters. The molecule has 16 heteroatoms. The summed E-state index contributed by atoms with van der Waals surface area (Å²) < 4.78 is 36.9. The van der Waals surface area contributed by atoms with Gasteiger partial charge in [0.15, 0.2) is 7.85 Å². The highest BCUT2D eigenvalue weighted by Crippen LogP contribution is 2.50. The molecular weight excluding hydrogens is 379 g/mol. The van der Waals surface area contributed by atoms with E-state index in [1.54, 1.807) is 0 Å². The lowest BCUT2D eigenvalue weighted by Crippen LogP contribution is -2.60. The smallest absolute Gasteiger partial charge is 0.386 e. The van der Waals surface area contributed by atoms with Crippen LogP contribution in [-0.2, 0) is 19.4 Å². The van der Waals surface area contributed by atoms with Crippen molar-refractivity contribution in [2.45, 2.75) is 29.1 Å². The first-order valence-corrected chi connectivity index (χ1v) is 8.92. The summed E-state index contributed by atoms with van der Waals surface area (Å²) in [7, 11) is -2.19. The largest absolute Gasteiger partial charge is 0.468 e. The average Bonchev–Trinajstić information content (AvgIpc) is 2.59. The van der Waals surface area contributed by atoms with E-state index in [9.17, 15) is 19.6 Å². The number of aliphatic hydroxyl groups is 2. The Kier molecular flexibility index (Phi) is 5.04. The van der Waals surface area contributed by atoms with Crippen molar-refractivity contribution < 1.29 is 38.2 Å². The van der Waals surface area contributed by atoms with Crippen LogP contribution in [0, 0.1) is 4.64 Å². The third-order valence-corrected chi connectivity index (χ3v) is 4.99. The lowest BCUT2D eigenvalue weighted by molar-refractivity contribution is -0.240. The summed E-state index contributed by atoms with van der Waals surface area (Å²) in [6.07, 6.45) is -3.13. The van der Waals surface area contributed by atoms with E-state index in [0.29, 0.717) is 0 Å². The number of aromatic amines is 1. The molecule has 1 aliphatic heterocycles. The number of hydrogen-bond donors (Lipinski definition) is 5. The van der Waals surface area contributed by atoms with E-state index < -0.39 is 42.6 Å². The van der Waals surface area contributed by atoms with Crippen molar-refractivity contribution >= 4 is 43.6 Å². The number of nitrogens with zero attached hydrogens (tertiary/aromatic N) is 1. The topological polar surface area (TPSA) is 154 Å². The SMILES string of the molecule is BC(B)(OP(=O)(O)O)[C@@]1(F)O[C@@](B)(n2ccc(=S)[nH]c2=O)[C@H](O)[C@@H]1O. The molecule has 5 N–H and O–H groups in total. The Hall–Kier alpha value is -0.785. The quantitative estimate of drug-likeness (QED) is 0.194. The molecular formula is C9H15B3FN2O8PS. The molecule has 10 nitrogen and oxygen atoms in total. The Balaban J connectivity index is 2.55. The Bertz CT molecular complexity index is 847. The van der Waals surface area contributed by atoms with Gasteiger partial charge in [-0.25, -0.2) is 13.8 Å². The van der Waals surface area contributed by atoms with E-state index in [0.717, 1.165) is 34.3 Å². The van der Waals surface area contributed by atoms with E-state index >= 15 is 4.39 Å². The first-order chi connectivity index (χ1) is 11.1. The summed E-state index contributed by atoms with van der Waals surface area (Å²) in [6.45, 7) is 0. The third kappa shape index (κ3) is 3.43. The maximum atomic E-state index is 15.4. The number of aliphatic hydroxyl groups excluding tert-OH is 2. The van der Waals surface area contributed by atoms with Gasteiger partial charge in [0.1, 0.15) is 38.2 Å². The molecule has 25 heavy (non-hydrogen) atoms. The molecule has 1 fully saturated rings. The fraction of sp³-hybridized carbons (Fsp3) is 0.556. The first kappa shape index (κ1) is 20.5. The van der Waals surface area contributed by atoms with Crippen LogP contribution in [0.2, 0.25) is 0 Å². The number of ether oxygens (including phenoxy) is 1. The Morgan fingerprint density at radius 3 is 2.48 bits per heavy atom. The molecule has 0 aliphatic carbocycles. The lowest BCUT2D eigenvalue weighted by atomic mass is 9.59. The van der Waals surface area contributed by atoms with Crippen molar-refractivity contribution in [1.29, 1.82) is 0 Å². The number of alkyl halides is 1. The summed E-state index contributed by atoms with van der Waals surface area (Å²) in [5.74, 6) is -3.26. The Morgan fingerprint density at radius 1 is 1.44 bits per heavy atom. The minimum absolute atomic E-state index is 0.0783. The number of halogens is 1. The van der Waals surface area contributed by atoms with Gasteiger partial charge in [-0.2, -0.15) is 0 Å². The summed E-state index contributed by atoms with van der Waals surface area (Å²) in [4.78, 5) is 32.2. The normalized spacial score (nSPS) is 33.5. The van der Waals surface area contributed by atoms with Gasteiger partial charge in [-0.15, -0.1) is 0 Å². The molecule has 0 spiro atoms. The number of nitrogens with one attached hydrogen (secondary N) is 1. The molecule has 136 valence electrons. The highest BCUT2D eigenvalue weighted by molar-refractivity contribution is 7.71. The molecule has 1 saturated heterocycles. The summed E-state index contributed by atoms with van der Waals surface area (Å²) in [5, 5.41) is 18.1. The number of H-pyrrole nitrogens is 1. The maximum Gasteiger partial charge on any atom is 0.468 e. The second-order valence-electron chi connectivity index (χ2n) is 6.26. The minimum atomic E-state index is -5.16. The van der Waals surface area contributed by atoms with Crippen molar-refractivity contribution in [3.8, 4) is 0 Å². The highest BCUT2D eigenvalue weighted by Gasteiger charge is 2.68. The fourth-order valence-corrected chi connectivity index (χ4v) is 3.58. The third-order valence-electron chi connectivity index (χ3n) is 4.05. The zero-order chi connectivity index (χ0) is 19.4. The molecule has 0 saturated carbocycles. The number of phosphoric ester groups is 1.